The van der Waals surface area contributed by atoms with E-state index in [-0.39, 0.29) is 23.7 Å². The summed E-state index contributed by atoms with van der Waals surface area (Å²) in [6, 6.07) is 8.71. The van der Waals surface area contributed by atoms with Gasteiger partial charge in [0, 0.05) is 0 Å². The number of fused-ring (bicyclic) bond motifs is 1. The van der Waals surface area contributed by atoms with Crippen molar-refractivity contribution in [3.05, 3.63) is 67.0 Å². The maximum Gasteiger partial charge on any atom is 0.299 e. The van der Waals surface area contributed by atoms with Gasteiger partial charge in [0.15, 0.2) is 6.61 Å². The average molecular weight is 388 g/mol. The second-order valence-electron chi connectivity index (χ2n) is 7.82. The molecule has 0 radical (unpaired) electrons. The Morgan fingerprint density at radius 2 is 2.00 bits per heavy atom. The maximum atomic E-state index is 14.3. The van der Waals surface area contributed by atoms with Crippen molar-refractivity contribution in [3.63, 3.8) is 0 Å². The van der Waals surface area contributed by atoms with Crippen LogP contribution in [-0.4, -0.2) is 24.4 Å². The van der Waals surface area contributed by atoms with Crippen molar-refractivity contribution >= 4 is 0 Å². The van der Waals surface area contributed by atoms with E-state index in [2.05, 4.69) is 0 Å². The van der Waals surface area contributed by atoms with E-state index < -0.39 is 12.5 Å². The largest absolute Gasteiger partial charge is 0.487 e. The van der Waals surface area contributed by atoms with Gasteiger partial charge >= 0.3 is 0 Å². The van der Waals surface area contributed by atoms with Crippen LogP contribution in [0.15, 0.2) is 67.0 Å². The molecule has 150 valence electrons. The first-order chi connectivity index (χ1) is 13.6. The van der Waals surface area contributed by atoms with Crippen LogP contribution in [0.5, 0.6) is 5.75 Å². The van der Waals surface area contributed by atoms with Gasteiger partial charge in [-0.2, -0.15) is 8.78 Å². The first-order valence-corrected chi connectivity index (χ1v) is 9.98. The van der Waals surface area contributed by atoms with Gasteiger partial charge in [-0.1, -0.05) is 36.8 Å². The Labute approximate surface area is 164 Å². The third-order valence-corrected chi connectivity index (χ3v) is 5.99. The van der Waals surface area contributed by atoms with Crippen molar-refractivity contribution in [2.24, 2.45) is 11.8 Å². The summed E-state index contributed by atoms with van der Waals surface area (Å²) in [5.41, 5.74) is -0.259. The quantitative estimate of drug-likeness (QED) is 0.565. The molecular weight excluding hydrogens is 362 g/mol. The zero-order valence-electron chi connectivity index (χ0n) is 15.8. The van der Waals surface area contributed by atoms with Crippen LogP contribution in [0.1, 0.15) is 32.1 Å². The van der Waals surface area contributed by atoms with Crippen molar-refractivity contribution in [2.75, 3.05) is 6.61 Å². The number of para-hydroxylation sites is 1. The summed E-state index contributed by atoms with van der Waals surface area (Å²) >= 11 is 0. The Bertz CT molecular complexity index is 743. The summed E-state index contributed by atoms with van der Waals surface area (Å²) in [6.45, 7) is -0.653. The first kappa shape index (κ1) is 19.2. The summed E-state index contributed by atoms with van der Waals surface area (Å²) in [7, 11) is 0. The van der Waals surface area contributed by atoms with Crippen molar-refractivity contribution in [1.29, 1.82) is 0 Å². The van der Waals surface area contributed by atoms with E-state index in [1.54, 1.807) is 36.6 Å². The minimum atomic E-state index is -3.00. The van der Waals surface area contributed by atoms with Crippen LogP contribution in [0, 0.1) is 11.8 Å². The lowest BCUT2D eigenvalue weighted by Crippen LogP contribution is -2.38. The number of allylic oxidation sites excluding steroid dienone is 3. The molecule has 28 heavy (non-hydrogen) atoms. The molecule has 0 amide bonds. The van der Waals surface area contributed by atoms with Crippen LogP contribution < -0.4 is 4.74 Å². The highest BCUT2D eigenvalue weighted by atomic mass is 19.3. The molecule has 1 aromatic carbocycles. The second-order valence-corrected chi connectivity index (χ2v) is 7.82. The Morgan fingerprint density at radius 1 is 1.14 bits per heavy atom. The van der Waals surface area contributed by atoms with E-state index in [1.807, 2.05) is 24.3 Å². The Balaban J connectivity index is 1.36. The number of halogens is 2. The minimum Gasteiger partial charge on any atom is -0.487 e. The lowest BCUT2D eigenvalue weighted by Gasteiger charge is -2.34. The van der Waals surface area contributed by atoms with E-state index in [1.165, 1.54) is 0 Å². The van der Waals surface area contributed by atoms with E-state index in [0.717, 1.165) is 38.2 Å². The molecule has 3 nitrogen and oxygen atoms in total. The minimum absolute atomic E-state index is 0.105. The van der Waals surface area contributed by atoms with E-state index in [4.69, 9.17) is 14.2 Å². The molecule has 4 atom stereocenters. The fourth-order valence-electron chi connectivity index (χ4n) is 4.71. The van der Waals surface area contributed by atoms with Crippen LogP contribution in [0.2, 0.25) is 0 Å². The molecule has 3 aliphatic rings. The Kier molecular flexibility index (Phi) is 5.54. The fourth-order valence-corrected chi connectivity index (χ4v) is 4.71. The predicted octanol–water partition coefficient (Wildman–Crippen LogP) is 5.65. The van der Waals surface area contributed by atoms with Crippen LogP contribution in [0.3, 0.4) is 0 Å². The molecule has 0 saturated heterocycles. The highest BCUT2D eigenvalue weighted by Crippen LogP contribution is 2.54. The SMILES string of the molecule is FC(F)(/C=C/C1CCC2(OC3C=CC=CO3)CCCC12)COc1ccccc1. The zero-order chi connectivity index (χ0) is 19.5. The lowest BCUT2D eigenvalue weighted by molar-refractivity contribution is -0.174. The standard InChI is InChI=1S/C23H26F2O3/c24-23(25,17-27-19-7-2-1-3-8-19)15-12-18-11-14-22(13-6-9-20(18)22)28-21-10-4-5-16-26-21/h1-5,7-8,10,12,15-16,18,20-21H,6,9,11,13-14,17H2/b15-12+. The smallest absolute Gasteiger partial charge is 0.299 e. The van der Waals surface area contributed by atoms with Crippen LogP contribution in [0.25, 0.3) is 0 Å². The Hall–Kier alpha value is -2.14. The number of hydrogen-bond acceptors (Lipinski definition) is 3. The first-order valence-electron chi connectivity index (χ1n) is 9.98. The van der Waals surface area contributed by atoms with Gasteiger partial charge in [-0.25, -0.2) is 0 Å². The fraction of sp³-hybridized carbons (Fsp3) is 0.478. The normalized spacial score (nSPS) is 31.9. The molecule has 4 unspecified atom stereocenters. The van der Waals surface area contributed by atoms with Gasteiger partial charge in [0.2, 0.25) is 6.29 Å². The van der Waals surface area contributed by atoms with Crippen LogP contribution in [-0.2, 0) is 9.47 Å². The number of hydrogen-bond donors (Lipinski definition) is 0. The molecule has 0 bridgehead atoms. The molecular formula is C23H26F2O3. The second kappa shape index (κ2) is 8.08. The molecule has 2 aliphatic carbocycles. The third-order valence-electron chi connectivity index (χ3n) is 5.99. The molecule has 0 spiro atoms. The molecule has 0 N–H and O–H groups in total. The van der Waals surface area contributed by atoms with Gasteiger partial charge in [0.05, 0.1) is 11.9 Å². The zero-order valence-corrected chi connectivity index (χ0v) is 15.8. The topological polar surface area (TPSA) is 27.7 Å². The van der Waals surface area contributed by atoms with Gasteiger partial charge in [-0.3, -0.25) is 0 Å². The van der Waals surface area contributed by atoms with Crippen molar-refractivity contribution in [2.45, 2.75) is 49.9 Å². The molecule has 1 aromatic rings. The highest BCUT2D eigenvalue weighted by Gasteiger charge is 2.52. The van der Waals surface area contributed by atoms with Crippen molar-refractivity contribution in [1.82, 2.24) is 0 Å². The number of benzene rings is 1. The van der Waals surface area contributed by atoms with Gasteiger partial charge in [0.25, 0.3) is 5.92 Å². The number of alkyl halides is 2. The van der Waals surface area contributed by atoms with Crippen molar-refractivity contribution in [3.8, 4) is 5.75 Å². The summed E-state index contributed by atoms with van der Waals surface area (Å²) < 4.78 is 45.7. The van der Waals surface area contributed by atoms with E-state index >= 15 is 0 Å². The molecule has 0 aromatic heterocycles. The molecule has 2 fully saturated rings. The maximum absolute atomic E-state index is 14.3. The summed E-state index contributed by atoms with van der Waals surface area (Å²) in [5, 5.41) is 0. The van der Waals surface area contributed by atoms with Crippen LogP contribution in [0.4, 0.5) is 8.78 Å². The molecule has 2 saturated carbocycles. The molecule has 4 rings (SSSR count). The monoisotopic (exact) mass is 388 g/mol. The summed E-state index contributed by atoms with van der Waals surface area (Å²) in [4.78, 5) is 0. The third kappa shape index (κ3) is 4.30. The van der Waals surface area contributed by atoms with E-state index in [9.17, 15) is 8.78 Å². The Morgan fingerprint density at radius 3 is 2.79 bits per heavy atom. The van der Waals surface area contributed by atoms with Gasteiger partial charge in [0.1, 0.15) is 5.75 Å². The molecule has 1 heterocycles. The molecule has 1 aliphatic heterocycles. The highest BCUT2D eigenvalue weighted by molar-refractivity contribution is 5.21. The van der Waals surface area contributed by atoms with Crippen LogP contribution >= 0.6 is 0 Å². The lowest BCUT2D eigenvalue weighted by atomic mass is 9.88. The number of ether oxygens (including phenoxy) is 3. The molecule has 5 heteroatoms. The average Bonchev–Trinajstić information content (AvgIpc) is 3.25. The van der Waals surface area contributed by atoms with Gasteiger partial charge in [-0.05, 0) is 67.9 Å². The number of rotatable bonds is 7. The summed E-state index contributed by atoms with van der Waals surface area (Å²) in [6.07, 6.45) is 14.4. The van der Waals surface area contributed by atoms with E-state index in [0.29, 0.717) is 5.75 Å². The predicted molar refractivity (Wildman–Crippen MR) is 103 cm³/mol. The summed E-state index contributed by atoms with van der Waals surface area (Å²) in [5.74, 6) is -2.18. The van der Waals surface area contributed by atoms with Crippen molar-refractivity contribution < 1.29 is 23.0 Å². The van der Waals surface area contributed by atoms with Gasteiger partial charge in [-0.15, -0.1) is 0 Å². The van der Waals surface area contributed by atoms with Gasteiger partial charge < -0.3 is 14.2 Å².